The first-order chi connectivity index (χ1) is 2.89. The van der Waals surface area contributed by atoms with Gasteiger partial charge in [-0.25, -0.2) is 10.1 Å². The predicted octanol–water partition coefficient (Wildman–Crippen LogP) is -0.613. The van der Waals surface area contributed by atoms with Gasteiger partial charge in [0.05, 0.1) is 0 Å². The molecule has 4 heteroatoms. The predicted molar refractivity (Wildman–Crippen MR) is 20.8 cm³/mol. The maximum absolute atomic E-state index is 5.05. The molecule has 0 saturated carbocycles. The number of rotatable bonds is 0. The molecule has 0 aliphatic heterocycles. The fourth-order valence-electron chi connectivity index (χ4n) is 0.215. The molecule has 0 atom stereocenters. The van der Waals surface area contributed by atoms with Crippen molar-refractivity contribution in [3.05, 3.63) is 6.33 Å². The number of aromatic nitrogens is 3. The topological polar surface area (TPSA) is 67.6 Å². The van der Waals surface area contributed by atoms with Crippen LogP contribution in [0.3, 0.4) is 0 Å². The number of nitrogen functional groups attached to an aromatic ring is 1. The highest BCUT2D eigenvalue weighted by Gasteiger charge is 1.75. The first kappa shape index (κ1) is 3.14. The van der Waals surface area contributed by atoms with Crippen LogP contribution in [-0.2, 0) is 0 Å². The average molecular weight is 89.0 g/mol. The van der Waals surface area contributed by atoms with Crippen LogP contribution in [0.5, 0.6) is 0 Å². The monoisotopic (exact) mass is 89.0 g/mol. The van der Waals surface area contributed by atoms with E-state index in [1.54, 1.807) is 0 Å². The van der Waals surface area contributed by atoms with E-state index in [4.69, 9.17) is 5.73 Å². The lowest BCUT2D eigenvalue weighted by Gasteiger charge is -1.68. The molecule has 32 valence electrons. The van der Waals surface area contributed by atoms with Crippen LogP contribution in [0.25, 0.3) is 0 Å². The summed E-state index contributed by atoms with van der Waals surface area (Å²) < 4.78 is 0. The summed E-state index contributed by atoms with van der Waals surface area (Å²) in [4.78, 5) is 3.53. The maximum Gasteiger partial charge on any atom is 0.215 e. The van der Waals surface area contributed by atoms with Crippen LogP contribution >= 0.6 is 0 Å². The number of anilines is 1. The Kier molecular flexibility index (Phi) is 0.506. The standard InChI is InChI=1S/C2H4N4/c3-2-4-1-5-6-2/h1H,(H3,3,4,5,6)/i1+1,2+1,3+1,4+1,6+1. The molecule has 0 unspecified atom stereocenters. The molecule has 1 rings (SSSR count). The molecule has 0 amide bonds. The number of H-pyrrole nitrogens is 1. The summed E-state index contributed by atoms with van der Waals surface area (Å²) in [5.41, 5.74) is 5.05. The summed E-state index contributed by atoms with van der Waals surface area (Å²) in [5.74, 6) is 0.356. The second-order valence-corrected chi connectivity index (χ2v) is 0.871. The minimum Gasteiger partial charge on any atom is -0.368 e. The van der Waals surface area contributed by atoms with E-state index in [1.165, 1.54) is 6.33 Å². The van der Waals surface area contributed by atoms with E-state index in [9.17, 15) is 0 Å². The summed E-state index contributed by atoms with van der Waals surface area (Å²) in [6, 6.07) is 0. The molecule has 1 aromatic heterocycles. The van der Waals surface area contributed by atoms with Crippen molar-refractivity contribution in [1.29, 1.82) is 0 Å². The van der Waals surface area contributed by atoms with E-state index in [0.717, 1.165) is 0 Å². The highest BCUT2D eigenvalue weighted by atomic mass is 16.0. The third kappa shape index (κ3) is 0.314. The second-order valence-electron chi connectivity index (χ2n) is 0.871. The zero-order chi connectivity index (χ0) is 4.41. The van der Waals surface area contributed by atoms with E-state index in [0.29, 0.717) is 5.95 Å². The molecular weight excluding hydrogens is 85.0 g/mol. The largest absolute Gasteiger partial charge is 0.368 e. The lowest BCUT2D eigenvalue weighted by atomic mass is 12.1. The lowest BCUT2D eigenvalue weighted by molar-refractivity contribution is 1.10. The Hall–Kier alpha value is -1.06. The van der Waals surface area contributed by atoms with E-state index >= 15 is 0 Å². The minimum atomic E-state index is 0.356. The first-order valence-corrected chi connectivity index (χ1v) is 1.50. The molecule has 0 aliphatic rings. The summed E-state index contributed by atoms with van der Waals surface area (Å²) in [6.07, 6.45) is 1.36. The maximum atomic E-state index is 5.05. The van der Waals surface area contributed by atoms with Gasteiger partial charge in [-0.15, -0.1) is 0 Å². The van der Waals surface area contributed by atoms with Crippen molar-refractivity contribution in [2.24, 2.45) is 0 Å². The first-order valence-electron chi connectivity index (χ1n) is 1.50. The molecule has 1 aromatic rings. The number of aromatic amines is 1. The summed E-state index contributed by atoms with van der Waals surface area (Å²) in [5, 5.41) is 5.88. The SMILES string of the molecule is [15NH2][13c]1[15n][13cH]n[15nH]1. The zero-order valence-electron chi connectivity index (χ0n) is 3.05. The molecule has 4 nitrogen and oxygen atoms in total. The highest BCUT2D eigenvalue weighted by molar-refractivity contribution is 5.07. The molecule has 0 bridgehead atoms. The van der Waals surface area contributed by atoms with Gasteiger partial charge in [0.1, 0.15) is 6.33 Å². The van der Waals surface area contributed by atoms with Crippen molar-refractivity contribution in [3.63, 3.8) is 0 Å². The molecule has 0 spiro atoms. The number of nitrogens with one attached hydrogen (secondary N) is 1. The molecular formula is C2H4N4. The smallest absolute Gasteiger partial charge is 0.215 e. The van der Waals surface area contributed by atoms with E-state index < -0.39 is 0 Å². The minimum absolute atomic E-state index is 0.356. The number of nitrogens with zero attached hydrogens (tertiary/aromatic N) is 2. The van der Waals surface area contributed by atoms with Crippen LogP contribution in [-0.4, -0.2) is 15.2 Å². The quantitative estimate of drug-likeness (QED) is 0.416. The van der Waals surface area contributed by atoms with Crippen LogP contribution in [0.2, 0.25) is 0 Å². The van der Waals surface area contributed by atoms with Gasteiger partial charge in [-0.1, -0.05) is 0 Å². The number of hydrogen-bond donors (Lipinski definition) is 2. The van der Waals surface area contributed by atoms with Crippen molar-refractivity contribution in [2.45, 2.75) is 0 Å². The number of nitrogens with two attached hydrogens (primary N) is 1. The van der Waals surface area contributed by atoms with Gasteiger partial charge in [0.25, 0.3) is 0 Å². The van der Waals surface area contributed by atoms with Crippen LogP contribution in [0.1, 0.15) is 0 Å². The molecule has 0 aliphatic carbocycles. The van der Waals surface area contributed by atoms with Gasteiger partial charge in [-0.05, 0) is 0 Å². The van der Waals surface area contributed by atoms with Crippen LogP contribution in [0, 0.1) is 0 Å². The Bertz CT molecular complexity index is 109. The number of hydrogen-bond acceptors (Lipinski definition) is 3. The molecule has 0 aromatic carbocycles. The molecule has 6 heavy (non-hydrogen) atoms. The second kappa shape index (κ2) is 0.965. The van der Waals surface area contributed by atoms with Gasteiger partial charge in [-0.2, -0.15) is 5.10 Å². The fourth-order valence-corrected chi connectivity index (χ4v) is 0.215. The fraction of sp³-hybridized carbons (Fsp3) is 0. The molecule has 3 N–H and O–H groups in total. The molecule has 0 saturated heterocycles. The van der Waals surface area contributed by atoms with Gasteiger partial charge in [0, 0.05) is 0 Å². The van der Waals surface area contributed by atoms with Crippen molar-refractivity contribution < 1.29 is 0 Å². The van der Waals surface area contributed by atoms with Gasteiger partial charge in [0.15, 0.2) is 0 Å². The molecule has 0 fully saturated rings. The van der Waals surface area contributed by atoms with Crippen molar-refractivity contribution in [1.82, 2.24) is 15.2 Å². The van der Waals surface area contributed by atoms with Crippen molar-refractivity contribution >= 4 is 5.95 Å². The Morgan fingerprint density at radius 2 is 2.67 bits per heavy atom. The van der Waals surface area contributed by atoms with Crippen LogP contribution in [0.15, 0.2) is 6.33 Å². The van der Waals surface area contributed by atoms with E-state index in [1.807, 2.05) is 0 Å². The normalized spacial score (nSPS) is 8.67. The molecule has 0 radical (unpaired) electrons. The third-order valence-electron chi connectivity index (χ3n) is 0.434. The van der Waals surface area contributed by atoms with E-state index in [2.05, 4.69) is 15.2 Å². The van der Waals surface area contributed by atoms with E-state index in [-0.39, 0.29) is 0 Å². The molecule has 1 heterocycles. The van der Waals surface area contributed by atoms with Gasteiger partial charge < -0.3 is 5.73 Å². The summed E-state index contributed by atoms with van der Waals surface area (Å²) in [7, 11) is 0. The summed E-state index contributed by atoms with van der Waals surface area (Å²) >= 11 is 0. The highest BCUT2D eigenvalue weighted by Crippen LogP contribution is 1.76. The van der Waals surface area contributed by atoms with Gasteiger partial charge in [0.2, 0.25) is 5.95 Å². The van der Waals surface area contributed by atoms with Crippen molar-refractivity contribution in [2.75, 3.05) is 5.73 Å². The lowest BCUT2D eigenvalue weighted by Crippen LogP contribution is -1.84. The van der Waals surface area contributed by atoms with Crippen molar-refractivity contribution in [3.8, 4) is 0 Å². The third-order valence-corrected chi connectivity index (χ3v) is 0.434. The Balaban J connectivity index is 3.05. The zero-order valence-corrected chi connectivity index (χ0v) is 3.05. The van der Waals surface area contributed by atoms with Crippen LogP contribution in [0.4, 0.5) is 5.95 Å². The van der Waals surface area contributed by atoms with Gasteiger partial charge >= 0.3 is 0 Å². The Labute approximate surface area is 34.4 Å². The summed E-state index contributed by atoms with van der Waals surface area (Å²) in [6.45, 7) is 0. The van der Waals surface area contributed by atoms with Crippen LogP contribution < -0.4 is 5.73 Å². The Morgan fingerprint density at radius 3 is 2.83 bits per heavy atom. The van der Waals surface area contributed by atoms with Gasteiger partial charge in [-0.3, -0.25) is 0 Å². The average Bonchev–Trinajstić information content (AvgIpc) is 1.86. The Morgan fingerprint density at radius 1 is 1.83 bits per heavy atom.